The molecule has 2 N–H and O–H groups in total. The molecule has 5 heteroatoms. The lowest BCUT2D eigenvalue weighted by Crippen LogP contribution is -2.26. The number of aliphatic carboxylic acids is 1. The maximum atomic E-state index is 13.1. The second-order valence-electron chi connectivity index (χ2n) is 3.69. The lowest BCUT2D eigenvalue weighted by molar-refractivity contribution is -0.145. The molecule has 94 valence electrons. The molecule has 0 radical (unpaired) electrons. The van der Waals surface area contributed by atoms with Crippen LogP contribution in [0.1, 0.15) is 25.3 Å². The first-order valence-corrected chi connectivity index (χ1v) is 5.36. The molecular formula is C12H15FO4. The van der Waals surface area contributed by atoms with Gasteiger partial charge in [0, 0.05) is 6.07 Å². The van der Waals surface area contributed by atoms with E-state index in [-0.39, 0.29) is 12.4 Å². The quantitative estimate of drug-likeness (QED) is 0.800. The molecule has 0 bridgehead atoms. The Morgan fingerprint density at radius 2 is 2.18 bits per heavy atom. The van der Waals surface area contributed by atoms with Crippen LogP contribution in [0.5, 0.6) is 5.75 Å². The van der Waals surface area contributed by atoms with Crippen LogP contribution in [0.3, 0.4) is 0 Å². The highest BCUT2D eigenvalue weighted by molar-refractivity contribution is 5.72. The zero-order valence-electron chi connectivity index (χ0n) is 9.52. The molecule has 1 aromatic rings. The van der Waals surface area contributed by atoms with Gasteiger partial charge >= 0.3 is 5.97 Å². The zero-order chi connectivity index (χ0) is 12.8. The van der Waals surface area contributed by atoms with Gasteiger partial charge < -0.3 is 14.9 Å². The topological polar surface area (TPSA) is 66.8 Å². The van der Waals surface area contributed by atoms with E-state index in [1.807, 2.05) is 6.92 Å². The summed E-state index contributed by atoms with van der Waals surface area (Å²) in [6.07, 6.45) is 0.00717. The molecule has 0 fully saturated rings. The first-order chi connectivity index (χ1) is 8.06. The number of hydrogen-bond acceptors (Lipinski definition) is 3. The van der Waals surface area contributed by atoms with E-state index in [0.717, 1.165) is 6.07 Å². The third kappa shape index (κ3) is 4.03. The van der Waals surface area contributed by atoms with Crippen molar-refractivity contribution in [2.24, 2.45) is 0 Å². The summed E-state index contributed by atoms with van der Waals surface area (Å²) in [6, 6.07) is 3.70. The predicted molar refractivity (Wildman–Crippen MR) is 59.3 cm³/mol. The van der Waals surface area contributed by atoms with Crippen molar-refractivity contribution in [3.8, 4) is 5.75 Å². The summed E-state index contributed by atoms with van der Waals surface area (Å²) in [5, 5.41) is 17.8. The van der Waals surface area contributed by atoms with Crippen molar-refractivity contribution >= 4 is 5.97 Å². The second-order valence-corrected chi connectivity index (χ2v) is 3.69. The minimum Gasteiger partial charge on any atom is -0.479 e. The third-order valence-corrected chi connectivity index (χ3v) is 2.22. The molecule has 0 heterocycles. The highest BCUT2D eigenvalue weighted by Crippen LogP contribution is 2.19. The molecule has 0 amide bonds. The number of hydrogen-bond donors (Lipinski definition) is 2. The Bertz CT molecular complexity index is 392. The van der Waals surface area contributed by atoms with Crippen LogP contribution >= 0.6 is 0 Å². The average Bonchev–Trinajstić information content (AvgIpc) is 2.27. The number of carboxylic acid groups (broad SMARTS) is 1. The van der Waals surface area contributed by atoms with Crippen molar-refractivity contribution in [1.29, 1.82) is 0 Å². The predicted octanol–water partition coefficient (Wildman–Crippen LogP) is 1.95. The zero-order valence-corrected chi connectivity index (χ0v) is 9.52. The van der Waals surface area contributed by atoms with E-state index in [4.69, 9.17) is 14.9 Å². The summed E-state index contributed by atoms with van der Waals surface area (Å²) >= 11 is 0. The van der Waals surface area contributed by atoms with Crippen LogP contribution in [-0.4, -0.2) is 22.3 Å². The van der Waals surface area contributed by atoms with E-state index < -0.39 is 17.9 Å². The van der Waals surface area contributed by atoms with Crippen molar-refractivity contribution in [2.45, 2.75) is 32.5 Å². The molecule has 1 atom stereocenters. The van der Waals surface area contributed by atoms with Gasteiger partial charge in [0.15, 0.2) is 6.10 Å². The number of ether oxygens (including phenoxy) is 1. The van der Waals surface area contributed by atoms with Crippen LogP contribution in [0.2, 0.25) is 0 Å². The minimum absolute atomic E-state index is 0.120. The molecule has 0 aromatic heterocycles. The number of benzene rings is 1. The summed E-state index contributed by atoms with van der Waals surface area (Å²) in [4.78, 5) is 10.9. The van der Waals surface area contributed by atoms with Crippen molar-refractivity contribution < 1.29 is 24.1 Å². The van der Waals surface area contributed by atoms with E-state index >= 15 is 0 Å². The molecule has 0 aliphatic carbocycles. The number of aliphatic hydroxyl groups is 1. The highest BCUT2D eigenvalue weighted by atomic mass is 19.1. The van der Waals surface area contributed by atoms with E-state index in [9.17, 15) is 9.18 Å². The summed E-state index contributed by atoms with van der Waals surface area (Å²) in [5.41, 5.74) is 0.348. The largest absolute Gasteiger partial charge is 0.479 e. The lowest BCUT2D eigenvalue weighted by Gasteiger charge is -2.14. The van der Waals surface area contributed by atoms with Gasteiger partial charge in [0.25, 0.3) is 0 Å². The Kier molecular flexibility index (Phi) is 4.90. The van der Waals surface area contributed by atoms with Crippen LogP contribution in [-0.2, 0) is 11.4 Å². The molecule has 0 aliphatic rings. The van der Waals surface area contributed by atoms with Crippen molar-refractivity contribution in [2.75, 3.05) is 0 Å². The molecule has 1 aromatic carbocycles. The number of aliphatic hydroxyl groups excluding tert-OH is 1. The fourth-order valence-electron chi connectivity index (χ4n) is 1.44. The minimum atomic E-state index is -1.08. The first kappa shape index (κ1) is 13.4. The van der Waals surface area contributed by atoms with E-state index in [1.165, 1.54) is 12.1 Å². The monoisotopic (exact) mass is 242 g/mol. The molecule has 4 nitrogen and oxygen atoms in total. The van der Waals surface area contributed by atoms with Crippen molar-refractivity contribution in [1.82, 2.24) is 0 Å². The van der Waals surface area contributed by atoms with Crippen LogP contribution in [0.4, 0.5) is 4.39 Å². The van der Waals surface area contributed by atoms with E-state index in [1.54, 1.807) is 0 Å². The molecule has 1 rings (SSSR count). The second kappa shape index (κ2) is 6.20. The summed E-state index contributed by atoms with van der Waals surface area (Å²) in [5.74, 6) is -1.52. The number of carbonyl (C=O) groups is 1. The number of halogens is 1. The number of carboxylic acids is 1. The fraction of sp³-hybridized carbons (Fsp3) is 0.417. The normalized spacial score (nSPS) is 12.2. The van der Waals surface area contributed by atoms with Crippen molar-refractivity contribution in [3.05, 3.63) is 29.6 Å². The molecule has 0 saturated heterocycles. The molecule has 0 saturated carbocycles. The van der Waals surface area contributed by atoms with Gasteiger partial charge in [0.1, 0.15) is 11.6 Å². The maximum absolute atomic E-state index is 13.1. The third-order valence-electron chi connectivity index (χ3n) is 2.22. The van der Waals surface area contributed by atoms with Gasteiger partial charge in [0.05, 0.1) is 6.61 Å². The van der Waals surface area contributed by atoms with Crippen LogP contribution in [0.25, 0.3) is 0 Å². The molecule has 0 spiro atoms. The summed E-state index contributed by atoms with van der Waals surface area (Å²) in [6.45, 7) is 1.52. The van der Waals surface area contributed by atoms with Crippen LogP contribution in [0.15, 0.2) is 18.2 Å². The fourth-order valence-corrected chi connectivity index (χ4v) is 1.44. The molecular weight excluding hydrogens is 227 g/mol. The smallest absolute Gasteiger partial charge is 0.344 e. The highest BCUT2D eigenvalue weighted by Gasteiger charge is 2.18. The standard InChI is InChI=1S/C12H15FO4/c1-2-3-11(12(15)16)17-10-5-8(7-14)4-9(13)6-10/h4-6,11,14H,2-3,7H2,1H3,(H,15,16). The van der Waals surface area contributed by atoms with Crippen molar-refractivity contribution in [3.63, 3.8) is 0 Å². The average molecular weight is 242 g/mol. The Labute approximate surface area is 98.7 Å². The Hall–Kier alpha value is -1.62. The lowest BCUT2D eigenvalue weighted by atomic mass is 10.2. The van der Waals surface area contributed by atoms with Crippen LogP contribution < -0.4 is 4.74 Å². The van der Waals surface area contributed by atoms with E-state index in [0.29, 0.717) is 18.4 Å². The van der Waals surface area contributed by atoms with Crippen LogP contribution in [0, 0.1) is 5.82 Å². The Morgan fingerprint density at radius 1 is 1.47 bits per heavy atom. The molecule has 0 aliphatic heterocycles. The van der Waals surface area contributed by atoms with Gasteiger partial charge in [0.2, 0.25) is 0 Å². The Balaban J connectivity index is 2.84. The molecule has 17 heavy (non-hydrogen) atoms. The van der Waals surface area contributed by atoms with Gasteiger partial charge in [-0.25, -0.2) is 9.18 Å². The van der Waals surface area contributed by atoms with Gasteiger partial charge in [-0.2, -0.15) is 0 Å². The maximum Gasteiger partial charge on any atom is 0.344 e. The van der Waals surface area contributed by atoms with Gasteiger partial charge in [-0.3, -0.25) is 0 Å². The van der Waals surface area contributed by atoms with Gasteiger partial charge in [-0.15, -0.1) is 0 Å². The van der Waals surface area contributed by atoms with Gasteiger partial charge in [-0.05, 0) is 24.1 Å². The number of rotatable bonds is 6. The molecule has 1 unspecified atom stereocenters. The Morgan fingerprint density at radius 3 is 2.71 bits per heavy atom. The summed E-state index contributed by atoms with van der Waals surface area (Å²) in [7, 11) is 0. The first-order valence-electron chi connectivity index (χ1n) is 5.36. The summed E-state index contributed by atoms with van der Waals surface area (Å²) < 4.78 is 18.3. The SMILES string of the molecule is CCCC(Oc1cc(F)cc(CO)c1)C(=O)O. The van der Waals surface area contributed by atoms with E-state index in [2.05, 4.69) is 0 Å². The van der Waals surface area contributed by atoms with Gasteiger partial charge in [-0.1, -0.05) is 13.3 Å².